The fourth-order valence-corrected chi connectivity index (χ4v) is 2.44. The number of carbonyl (C=O) groups excluding carboxylic acids is 1. The average molecular weight is 302 g/mol. The maximum atomic E-state index is 11.9. The summed E-state index contributed by atoms with van der Waals surface area (Å²) in [5.41, 5.74) is 1.06. The van der Waals surface area contributed by atoms with E-state index in [1.54, 1.807) is 13.0 Å². The molecule has 1 aromatic rings. The number of nitrogens with one attached hydrogen (secondary N) is 1. The third-order valence-corrected chi connectivity index (χ3v) is 4.10. The summed E-state index contributed by atoms with van der Waals surface area (Å²) < 4.78 is 0. The molecule has 0 saturated heterocycles. The summed E-state index contributed by atoms with van der Waals surface area (Å²) >= 11 is 11.8. The topological polar surface area (TPSA) is 49.3 Å². The van der Waals surface area contributed by atoms with E-state index in [1.165, 1.54) is 0 Å². The van der Waals surface area contributed by atoms with E-state index in [0.717, 1.165) is 12.0 Å². The first-order valence-corrected chi connectivity index (χ1v) is 7.15. The van der Waals surface area contributed by atoms with Crippen molar-refractivity contribution >= 4 is 29.1 Å². The van der Waals surface area contributed by atoms with Crippen LogP contribution in [0, 0.1) is 5.92 Å². The maximum Gasteiger partial charge on any atom is 0.223 e. The summed E-state index contributed by atoms with van der Waals surface area (Å²) in [6.07, 6.45) is 1.04. The van der Waals surface area contributed by atoms with Gasteiger partial charge >= 0.3 is 0 Å². The van der Waals surface area contributed by atoms with Crippen LogP contribution in [0.3, 0.4) is 0 Å². The van der Waals surface area contributed by atoms with Crippen molar-refractivity contribution < 1.29 is 9.90 Å². The molecule has 1 saturated carbocycles. The van der Waals surface area contributed by atoms with Crippen LogP contribution in [0.15, 0.2) is 18.2 Å². The van der Waals surface area contributed by atoms with Crippen LogP contribution in [-0.4, -0.2) is 23.7 Å². The number of hydrogen-bond acceptors (Lipinski definition) is 2. The van der Waals surface area contributed by atoms with Gasteiger partial charge in [-0.15, -0.1) is 0 Å². The normalized spacial score (nSPS) is 22.9. The first kappa shape index (κ1) is 14.6. The number of hydrogen-bond donors (Lipinski definition) is 2. The number of aliphatic hydroxyl groups excluding tert-OH is 1. The monoisotopic (exact) mass is 301 g/mol. The Morgan fingerprint density at radius 1 is 1.47 bits per heavy atom. The summed E-state index contributed by atoms with van der Waals surface area (Å²) in [4.78, 5) is 11.9. The highest BCUT2D eigenvalue weighted by Crippen LogP contribution is 2.48. The molecular weight excluding hydrogens is 285 g/mol. The van der Waals surface area contributed by atoms with E-state index in [1.807, 2.05) is 12.1 Å². The lowest BCUT2D eigenvalue weighted by molar-refractivity contribution is -0.122. The Morgan fingerprint density at radius 2 is 2.21 bits per heavy atom. The van der Waals surface area contributed by atoms with Gasteiger partial charge in [0.15, 0.2) is 0 Å². The average Bonchev–Trinajstić information content (AvgIpc) is 3.12. The zero-order valence-corrected chi connectivity index (χ0v) is 12.2. The molecule has 0 aliphatic heterocycles. The van der Waals surface area contributed by atoms with E-state index in [2.05, 4.69) is 5.32 Å². The fourth-order valence-electron chi connectivity index (χ4n) is 2.13. The molecule has 1 fully saturated rings. The van der Waals surface area contributed by atoms with Gasteiger partial charge in [0.25, 0.3) is 0 Å². The molecule has 19 heavy (non-hydrogen) atoms. The molecule has 0 heterocycles. The van der Waals surface area contributed by atoms with Gasteiger partial charge in [-0.3, -0.25) is 4.79 Å². The van der Waals surface area contributed by atoms with Gasteiger partial charge in [-0.25, -0.2) is 0 Å². The summed E-state index contributed by atoms with van der Waals surface area (Å²) in [6.45, 7) is 2.23. The van der Waals surface area contributed by atoms with Gasteiger partial charge in [-0.1, -0.05) is 29.3 Å². The predicted octanol–water partition coefficient (Wildman–Crippen LogP) is 2.98. The van der Waals surface area contributed by atoms with Gasteiger partial charge in [-0.2, -0.15) is 0 Å². The number of rotatable bonds is 5. The van der Waals surface area contributed by atoms with E-state index >= 15 is 0 Å². The first-order chi connectivity index (χ1) is 8.99. The molecule has 2 rings (SSSR count). The molecule has 0 radical (unpaired) electrons. The quantitative estimate of drug-likeness (QED) is 0.878. The number of amides is 1. The molecule has 0 bridgehead atoms. The molecule has 0 aromatic heterocycles. The van der Waals surface area contributed by atoms with Gasteiger partial charge in [0.05, 0.1) is 16.1 Å². The molecule has 0 spiro atoms. The molecular formula is C14H17Cl2NO2. The Balaban J connectivity index is 1.86. The predicted molar refractivity (Wildman–Crippen MR) is 76.6 cm³/mol. The molecule has 2 N–H and O–H groups in total. The number of halogens is 2. The second kappa shape index (κ2) is 6.12. The van der Waals surface area contributed by atoms with Crippen molar-refractivity contribution in [2.75, 3.05) is 6.54 Å². The lowest BCUT2D eigenvalue weighted by Crippen LogP contribution is -2.28. The minimum Gasteiger partial charge on any atom is -0.393 e. The Morgan fingerprint density at radius 3 is 2.84 bits per heavy atom. The van der Waals surface area contributed by atoms with Crippen LogP contribution in [0.4, 0.5) is 0 Å². The largest absolute Gasteiger partial charge is 0.393 e. The van der Waals surface area contributed by atoms with Crippen molar-refractivity contribution in [1.82, 2.24) is 5.32 Å². The van der Waals surface area contributed by atoms with Crippen LogP contribution in [-0.2, 0) is 4.79 Å². The van der Waals surface area contributed by atoms with Crippen LogP contribution in [0.1, 0.15) is 31.2 Å². The second-order valence-electron chi connectivity index (χ2n) is 5.05. The summed E-state index contributed by atoms with van der Waals surface area (Å²) in [5.74, 6) is 0.310. The summed E-state index contributed by atoms with van der Waals surface area (Å²) in [7, 11) is 0. The van der Waals surface area contributed by atoms with Crippen molar-refractivity contribution in [3.8, 4) is 0 Å². The molecule has 5 heteroatoms. The van der Waals surface area contributed by atoms with E-state index in [-0.39, 0.29) is 23.8 Å². The van der Waals surface area contributed by atoms with Crippen molar-refractivity contribution in [2.45, 2.75) is 31.8 Å². The van der Waals surface area contributed by atoms with E-state index in [4.69, 9.17) is 28.3 Å². The van der Waals surface area contributed by atoms with Crippen molar-refractivity contribution in [3.05, 3.63) is 33.8 Å². The SMILES string of the molecule is CC(O)CCNC(=O)C1CC1c1ccc(Cl)c(Cl)c1. The van der Waals surface area contributed by atoms with Gasteiger partial charge in [-0.05, 0) is 43.4 Å². The lowest BCUT2D eigenvalue weighted by Gasteiger charge is -2.07. The third kappa shape index (κ3) is 3.85. The highest BCUT2D eigenvalue weighted by atomic mass is 35.5. The molecule has 1 aromatic carbocycles. The lowest BCUT2D eigenvalue weighted by atomic mass is 10.1. The number of aliphatic hydroxyl groups is 1. The molecule has 1 aliphatic rings. The zero-order valence-electron chi connectivity index (χ0n) is 10.7. The van der Waals surface area contributed by atoms with Gasteiger partial charge in [0.2, 0.25) is 5.91 Å². The molecule has 3 atom stereocenters. The van der Waals surface area contributed by atoms with Gasteiger partial charge in [0.1, 0.15) is 0 Å². The fraction of sp³-hybridized carbons (Fsp3) is 0.500. The minimum atomic E-state index is -0.384. The molecule has 104 valence electrons. The first-order valence-electron chi connectivity index (χ1n) is 6.39. The minimum absolute atomic E-state index is 0.0197. The summed E-state index contributed by atoms with van der Waals surface area (Å²) in [6, 6.07) is 5.51. The van der Waals surface area contributed by atoms with Gasteiger partial charge in [0, 0.05) is 12.5 Å². The molecule has 3 nitrogen and oxygen atoms in total. The molecule has 3 unspecified atom stereocenters. The highest BCUT2D eigenvalue weighted by Gasteiger charge is 2.43. The van der Waals surface area contributed by atoms with E-state index in [9.17, 15) is 4.79 Å². The molecule has 1 amide bonds. The number of benzene rings is 1. The van der Waals surface area contributed by atoms with Crippen molar-refractivity contribution in [3.63, 3.8) is 0 Å². The Bertz CT molecular complexity index is 477. The van der Waals surface area contributed by atoms with Crippen LogP contribution in [0.25, 0.3) is 0 Å². The second-order valence-corrected chi connectivity index (χ2v) is 5.87. The van der Waals surface area contributed by atoms with Crippen molar-refractivity contribution in [2.24, 2.45) is 5.92 Å². The molecule has 1 aliphatic carbocycles. The van der Waals surface area contributed by atoms with E-state index in [0.29, 0.717) is 23.0 Å². The maximum absolute atomic E-state index is 11.9. The zero-order chi connectivity index (χ0) is 14.0. The standard InChI is InChI=1S/C14H17Cl2NO2/c1-8(18)4-5-17-14(19)11-7-10(11)9-2-3-12(15)13(16)6-9/h2-3,6,8,10-11,18H,4-5,7H2,1H3,(H,17,19). The van der Waals surface area contributed by atoms with Crippen LogP contribution >= 0.6 is 23.2 Å². The van der Waals surface area contributed by atoms with Crippen molar-refractivity contribution in [1.29, 1.82) is 0 Å². The van der Waals surface area contributed by atoms with Crippen LogP contribution in [0.2, 0.25) is 10.0 Å². The third-order valence-electron chi connectivity index (χ3n) is 3.36. The van der Waals surface area contributed by atoms with Crippen LogP contribution < -0.4 is 5.32 Å². The van der Waals surface area contributed by atoms with E-state index < -0.39 is 0 Å². The highest BCUT2D eigenvalue weighted by molar-refractivity contribution is 6.42. The Hall–Kier alpha value is -0.770. The number of carbonyl (C=O) groups is 1. The van der Waals surface area contributed by atoms with Crippen LogP contribution in [0.5, 0.6) is 0 Å². The van der Waals surface area contributed by atoms with Gasteiger partial charge < -0.3 is 10.4 Å². The smallest absolute Gasteiger partial charge is 0.223 e. The Kier molecular flexibility index (Phi) is 4.71. The summed E-state index contributed by atoms with van der Waals surface area (Å²) in [5, 5.41) is 13.0. The Labute approximate surface area is 122 Å².